The number of nitrogens with one attached hydrogen (secondary N) is 2. The molecule has 9 heterocycles. The maximum atomic E-state index is 12.6. The van der Waals surface area contributed by atoms with E-state index >= 15 is 0 Å². The van der Waals surface area contributed by atoms with E-state index in [2.05, 4.69) is 30.8 Å². The van der Waals surface area contributed by atoms with Crippen molar-refractivity contribution in [3.63, 3.8) is 0 Å². The first kappa shape index (κ1) is 25.4. The third-order valence-electron chi connectivity index (χ3n) is 7.14. The topological polar surface area (TPSA) is 156 Å². The van der Waals surface area contributed by atoms with Crippen molar-refractivity contribution in [2.24, 2.45) is 0 Å². The number of aromatic amines is 2. The maximum absolute atomic E-state index is 12.6. The number of hydrogen-bond acceptors (Lipinski definition) is 13. The number of H-pyrrole nitrogens is 2. The zero-order valence-corrected chi connectivity index (χ0v) is 25.2. The van der Waals surface area contributed by atoms with Crippen molar-refractivity contribution in [1.29, 1.82) is 0 Å². The Morgan fingerprint density at radius 2 is 1.07 bits per heavy atom. The Morgan fingerprint density at radius 1 is 0.568 bits per heavy atom. The van der Waals surface area contributed by atoms with Crippen LogP contribution in [0.1, 0.15) is 0 Å². The van der Waals surface area contributed by atoms with Gasteiger partial charge in [0.25, 0.3) is 11.1 Å². The van der Waals surface area contributed by atoms with E-state index in [0.29, 0.717) is 52.9 Å². The van der Waals surface area contributed by atoms with Crippen molar-refractivity contribution < 1.29 is 0 Å². The molecular weight excluding hydrogens is 635 g/mol. The van der Waals surface area contributed by atoms with Gasteiger partial charge in [-0.3, -0.25) is 9.59 Å². The van der Waals surface area contributed by atoms with Crippen LogP contribution in [0, 0.1) is 0 Å². The lowest BCUT2D eigenvalue weighted by Gasteiger charge is -2.09. The average Bonchev–Trinajstić information content (AvgIpc) is 3.87. The van der Waals surface area contributed by atoms with E-state index < -0.39 is 0 Å². The predicted octanol–water partition coefficient (Wildman–Crippen LogP) is 6.36. The lowest BCUT2D eigenvalue weighted by Crippen LogP contribution is -2.07. The average molecular weight is 648 g/mol. The van der Waals surface area contributed by atoms with Gasteiger partial charge in [0.2, 0.25) is 0 Å². The molecule has 0 aliphatic carbocycles. The summed E-state index contributed by atoms with van der Waals surface area (Å²) in [5.74, 6) is 0. The summed E-state index contributed by atoms with van der Waals surface area (Å²) < 4.78 is 0.953. The molecule has 0 spiro atoms. The van der Waals surface area contributed by atoms with Gasteiger partial charge in [0, 0.05) is 31.7 Å². The number of nitrogens with zero attached hydrogens (tertiary/aromatic N) is 7. The van der Waals surface area contributed by atoms with Crippen LogP contribution in [0.5, 0.6) is 0 Å². The molecule has 0 aliphatic rings. The Morgan fingerprint density at radius 3 is 1.52 bits per heavy atom. The summed E-state index contributed by atoms with van der Waals surface area (Å²) in [6, 6.07) is 17.7. The van der Waals surface area contributed by atoms with Gasteiger partial charge >= 0.3 is 0 Å². The summed E-state index contributed by atoms with van der Waals surface area (Å²) in [6.07, 6.45) is 0. The fourth-order valence-corrected chi connectivity index (χ4v) is 8.79. The number of pyridine rings is 3. The minimum atomic E-state index is -0.297. The van der Waals surface area contributed by atoms with Gasteiger partial charge in [-0.15, -0.1) is 55.5 Å². The summed E-state index contributed by atoms with van der Waals surface area (Å²) in [6.45, 7) is 0. The molecule has 9 rings (SSSR count). The molecule has 0 aromatic carbocycles. The Kier molecular flexibility index (Phi) is 5.61. The van der Waals surface area contributed by atoms with Crippen molar-refractivity contribution in [3.05, 3.63) is 86.1 Å². The molecular formula is C29H13N9O2S4. The Hall–Kier alpha value is -5.09. The highest BCUT2D eigenvalue weighted by atomic mass is 32.1. The van der Waals surface area contributed by atoms with Crippen LogP contribution in [0.2, 0.25) is 0 Å². The molecule has 0 fully saturated rings. The SMILES string of the molecule is O=c1[nH]nnc2c1sc1nc(-c3cccc(-c4cc(-c5cccs5)c5c(n4)sc4c(=O)[nH]nnc45)n3)cc(-c3cccs3)c12. The minimum Gasteiger partial charge on any atom is -0.266 e. The molecule has 210 valence electrons. The molecule has 0 amide bonds. The highest BCUT2D eigenvalue weighted by Gasteiger charge is 2.21. The van der Waals surface area contributed by atoms with Gasteiger partial charge < -0.3 is 0 Å². The lowest BCUT2D eigenvalue weighted by atomic mass is 10.1. The van der Waals surface area contributed by atoms with E-state index in [0.717, 1.165) is 31.7 Å². The van der Waals surface area contributed by atoms with Crippen LogP contribution < -0.4 is 11.1 Å². The van der Waals surface area contributed by atoms with E-state index in [1.807, 2.05) is 65.4 Å². The van der Waals surface area contributed by atoms with Crippen molar-refractivity contribution in [2.45, 2.75) is 0 Å². The minimum absolute atomic E-state index is 0.297. The van der Waals surface area contributed by atoms with Crippen molar-refractivity contribution >= 4 is 86.2 Å². The first-order chi connectivity index (χ1) is 21.6. The van der Waals surface area contributed by atoms with Crippen LogP contribution in [0.15, 0.2) is 74.9 Å². The molecule has 0 unspecified atom stereocenters. The quantitative estimate of drug-likeness (QED) is 0.222. The monoisotopic (exact) mass is 647 g/mol. The zero-order valence-electron chi connectivity index (χ0n) is 21.9. The van der Waals surface area contributed by atoms with Gasteiger partial charge in [-0.2, -0.15) is 0 Å². The van der Waals surface area contributed by atoms with Gasteiger partial charge in [0.05, 0.1) is 22.8 Å². The number of thiophene rings is 4. The molecule has 0 radical (unpaired) electrons. The van der Waals surface area contributed by atoms with Crippen LogP contribution in [-0.2, 0) is 0 Å². The van der Waals surface area contributed by atoms with Gasteiger partial charge in [-0.1, -0.05) is 28.6 Å². The van der Waals surface area contributed by atoms with Gasteiger partial charge in [0.15, 0.2) is 0 Å². The molecule has 2 N–H and O–H groups in total. The number of fused-ring (bicyclic) bond motifs is 6. The van der Waals surface area contributed by atoms with Crippen LogP contribution in [0.4, 0.5) is 0 Å². The second kappa shape index (κ2) is 9.72. The van der Waals surface area contributed by atoms with E-state index in [9.17, 15) is 9.59 Å². The number of hydrogen-bond donors (Lipinski definition) is 2. The van der Waals surface area contributed by atoms with E-state index in [-0.39, 0.29) is 11.1 Å². The normalized spacial score (nSPS) is 11.8. The van der Waals surface area contributed by atoms with Crippen LogP contribution in [0.25, 0.3) is 84.5 Å². The highest BCUT2D eigenvalue weighted by Crippen LogP contribution is 2.42. The van der Waals surface area contributed by atoms with Crippen LogP contribution in [0.3, 0.4) is 0 Å². The van der Waals surface area contributed by atoms with E-state index in [1.54, 1.807) is 22.7 Å². The fourth-order valence-electron chi connectivity index (χ4n) is 5.24. The highest BCUT2D eigenvalue weighted by molar-refractivity contribution is 7.26. The summed E-state index contributed by atoms with van der Waals surface area (Å²) >= 11 is 5.76. The summed E-state index contributed by atoms with van der Waals surface area (Å²) in [5, 5.41) is 26.5. The van der Waals surface area contributed by atoms with Gasteiger partial charge in [-0.25, -0.2) is 25.1 Å². The molecule has 11 nitrogen and oxygen atoms in total. The van der Waals surface area contributed by atoms with E-state index in [1.165, 1.54) is 22.7 Å². The van der Waals surface area contributed by atoms with Gasteiger partial charge in [0.1, 0.15) is 30.1 Å². The third-order valence-corrected chi connectivity index (χ3v) is 11.1. The molecule has 9 aromatic rings. The second-order valence-corrected chi connectivity index (χ2v) is 13.6. The number of aromatic nitrogens is 9. The molecule has 0 saturated carbocycles. The molecule has 15 heteroatoms. The molecule has 9 aromatic heterocycles. The Bertz CT molecular complexity index is 2490. The lowest BCUT2D eigenvalue weighted by molar-refractivity contribution is 0.876. The zero-order chi connectivity index (χ0) is 29.4. The largest absolute Gasteiger partial charge is 0.285 e. The van der Waals surface area contributed by atoms with Crippen LogP contribution in [-0.4, -0.2) is 45.8 Å². The van der Waals surface area contributed by atoms with Crippen molar-refractivity contribution in [2.75, 3.05) is 0 Å². The second-order valence-electron chi connectivity index (χ2n) is 9.67. The van der Waals surface area contributed by atoms with Crippen molar-refractivity contribution in [3.8, 4) is 43.7 Å². The first-order valence-electron chi connectivity index (χ1n) is 13.0. The standard InChI is InChI=1S/C29H13N9O2S4/c39-26-24-22(33-37-35-26)20-12(18-6-2-8-41-18)10-16(31-28(20)43-24)14-4-1-5-15(30-14)17-11-13(19-7-3-9-42-19)21-23-25(44-29(21)32-17)27(40)36-38-34-23/h1-11H,(H,33,35,39)(H,34,36,40). The fraction of sp³-hybridized carbons (Fsp3) is 0. The van der Waals surface area contributed by atoms with Crippen molar-refractivity contribution in [1.82, 2.24) is 45.8 Å². The van der Waals surface area contributed by atoms with Crippen LogP contribution >= 0.6 is 45.3 Å². The van der Waals surface area contributed by atoms with Gasteiger partial charge in [-0.05, 0) is 47.2 Å². The number of rotatable bonds is 4. The Balaban J connectivity index is 1.26. The third kappa shape index (κ3) is 3.87. The van der Waals surface area contributed by atoms with E-state index in [4.69, 9.17) is 15.0 Å². The maximum Gasteiger partial charge on any atom is 0.285 e. The molecule has 44 heavy (non-hydrogen) atoms. The predicted molar refractivity (Wildman–Crippen MR) is 176 cm³/mol. The summed E-state index contributed by atoms with van der Waals surface area (Å²) in [5.41, 5.74) is 4.90. The smallest absolute Gasteiger partial charge is 0.266 e. The molecule has 0 aliphatic heterocycles. The Labute approximate surface area is 260 Å². The first-order valence-corrected chi connectivity index (χ1v) is 16.4. The molecule has 0 atom stereocenters. The summed E-state index contributed by atoms with van der Waals surface area (Å²) in [7, 11) is 0. The summed E-state index contributed by atoms with van der Waals surface area (Å²) in [4.78, 5) is 43.4. The molecule has 0 saturated heterocycles. The molecule has 0 bridgehead atoms.